The Labute approximate surface area is 218 Å². The van der Waals surface area contributed by atoms with Crippen LogP contribution in [0.15, 0.2) is 42.5 Å². The van der Waals surface area contributed by atoms with E-state index >= 15 is 0 Å². The number of ether oxygens (including phenoxy) is 1. The molecule has 0 bridgehead atoms. The predicted molar refractivity (Wildman–Crippen MR) is 144 cm³/mol. The summed E-state index contributed by atoms with van der Waals surface area (Å²) in [6.07, 6.45) is 1.59. The maximum Gasteiger partial charge on any atom is 0.319 e. The minimum Gasteiger partial charge on any atom is -0.497 e. The Balaban J connectivity index is 0.00000156. The number of aliphatic hydroxyl groups is 1. The number of hydrogen-bond donors (Lipinski definition) is 2. The minimum absolute atomic E-state index is 0.0241. The molecule has 7 nitrogen and oxygen atoms in total. The number of fused-ring (bicyclic) bond motifs is 4. The third-order valence-electron chi connectivity index (χ3n) is 7.72. The van der Waals surface area contributed by atoms with E-state index < -0.39 is 0 Å². The molecule has 37 heavy (non-hydrogen) atoms. The second-order valence-electron chi connectivity index (χ2n) is 9.96. The number of piperidine rings is 1. The quantitative estimate of drug-likeness (QED) is 0.523. The van der Waals surface area contributed by atoms with Crippen LogP contribution in [0.4, 0.5) is 9.18 Å². The Morgan fingerprint density at radius 1 is 1.19 bits per heavy atom. The smallest absolute Gasteiger partial charge is 0.319 e. The fourth-order valence-corrected chi connectivity index (χ4v) is 5.94. The highest BCUT2D eigenvalue weighted by Gasteiger charge is 2.48. The molecule has 2 aromatic carbocycles. The van der Waals surface area contributed by atoms with Gasteiger partial charge >= 0.3 is 6.03 Å². The molecule has 1 atom stereocenters. The van der Waals surface area contributed by atoms with E-state index in [1.54, 1.807) is 38.2 Å². The Hall–Kier alpha value is -3.10. The molecule has 1 unspecified atom stereocenters. The number of methoxy groups -OCH3 is 1. The van der Waals surface area contributed by atoms with Crippen LogP contribution in [0.5, 0.6) is 5.75 Å². The van der Waals surface area contributed by atoms with Gasteiger partial charge in [-0.15, -0.1) is 0 Å². The molecule has 1 aromatic heterocycles. The zero-order chi connectivity index (χ0) is 26.7. The average molecular weight is 511 g/mol. The first-order valence-corrected chi connectivity index (χ1v) is 13.1. The Morgan fingerprint density at radius 3 is 2.51 bits per heavy atom. The van der Waals surface area contributed by atoms with Crippen LogP contribution >= 0.6 is 0 Å². The molecule has 3 aromatic rings. The number of likely N-dealkylation sites (tertiary alicyclic amines) is 1. The van der Waals surface area contributed by atoms with Crippen molar-refractivity contribution in [3.8, 4) is 5.75 Å². The van der Waals surface area contributed by atoms with Gasteiger partial charge in [-0.3, -0.25) is 4.90 Å². The van der Waals surface area contributed by atoms with Gasteiger partial charge in [-0.05, 0) is 36.6 Å². The van der Waals surface area contributed by atoms with Crippen molar-refractivity contribution >= 4 is 16.9 Å². The fraction of sp³-hybridized carbons (Fsp3) is 0.483. The van der Waals surface area contributed by atoms with Crippen LogP contribution in [-0.2, 0) is 12.0 Å². The first kappa shape index (κ1) is 26.9. The summed E-state index contributed by atoms with van der Waals surface area (Å²) in [4.78, 5) is 21.9. The molecule has 0 saturated carbocycles. The van der Waals surface area contributed by atoms with Gasteiger partial charge in [0, 0.05) is 73.9 Å². The molecule has 1 fully saturated rings. The van der Waals surface area contributed by atoms with Crippen molar-refractivity contribution in [2.24, 2.45) is 0 Å². The molecule has 200 valence electrons. The summed E-state index contributed by atoms with van der Waals surface area (Å²) < 4.78 is 20.1. The lowest BCUT2D eigenvalue weighted by molar-refractivity contribution is 0.0459. The Morgan fingerprint density at radius 2 is 1.89 bits per heavy atom. The topological polar surface area (TPSA) is 72.0 Å². The highest BCUT2D eigenvalue weighted by molar-refractivity contribution is 5.88. The number of rotatable bonds is 4. The minimum atomic E-state index is -0.282. The van der Waals surface area contributed by atoms with Crippen LogP contribution in [0.1, 0.15) is 49.6 Å². The van der Waals surface area contributed by atoms with Gasteiger partial charge in [0.15, 0.2) is 0 Å². The number of nitrogens with zero attached hydrogens (tertiary/aromatic N) is 3. The average Bonchev–Trinajstić information content (AvgIpc) is 3.31. The molecule has 0 radical (unpaired) electrons. The first-order valence-electron chi connectivity index (χ1n) is 13.1. The maximum atomic E-state index is 14.6. The number of benzene rings is 2. The molecule has 2 N–H and O–H groups in total. The van der Waals surface area contributed by atoms with Gasteiger partial charge in [0.1, 0.15) is 11.6 Å². The Kier molecular flexibility index (Phi) is 8.09. The summed E-state index contributed by atoms with van der Waals surface area (Å²) in [6, 6.07) is 12.6. The lowest BCUT2D eigenvalue weighted by Crippen LogP contribution is -2.55. The van der Waals surface area contributed by atoms with Gasteiger partial charge in [-0.2, -0.15) is 0 Å². The number of nitrogens with one attached hydrogen (secondary N) is 1. The summed E-state index contributed by atoms with van der Waals surface area (Å²) in [5.74, 6) is 0.525. The number of carbonyl (C=O) groups is 1. The highest BCUT2D eigenvalue weighted by Crippen LogP contribution is 2.49. The summed E-state index contributed by atoms with van der Waals surface area (Å²) in [5, 5.41) is 11.6. The van der Waals surface area contributed by atoms with Crippen LogP contribution < -0.4 is 4.74 Å². The summed E-state index contributed by atoms with van der Waals surface area (Å²) >= 11 is 0. The van der Waals surface area contributed by atoms with E-state index in [-0.39, 0.29) is 29.9 Å². The number of halogens is 1. The zero-order valence-corrected chi connectivity index (χ0v) is 22.6. The van der Waals surface area contributed by atoms with Gasteiger partial charge in [0.25, 0.3) is 0 Å². The van der Waals surface area contributed by atoms with Gasteiger partial charge in [-0.25, -0.2) is 9.18 Å². The van der Waals surface area contributed by atoms with Crippen molar-refractivity contribution in [3.05, 3.63) is 65.1 Å². The molecule has 0 aliphatic carbocycles. The number of aromatic nitrogens is 1. The molecular formula is C29H39FN4O3. The summed E-state index contributed by atoms with van der Waals surface area (Å²) in [7, 11) is 5.20. The van der Waals surface area contributed by atoms with Crippen molar-refractivity contribution in [1.29, 1.82) is 0 Å². The Bertz CT molecular complexity index is 1230. The van der Waals surface area contributed by atoms with Gasteiger partial charge in [0.2, 0.25) is 0 Å². The van der Waals surface area contributed by atoms with Crippen LogP contribution in [0.2, 0.25) is 0 Å². The van der Waals surface area contributed by atoms with E-state index in [0.717, 1.165) is 35.2 Å². The second kappa shape index (κ2) is 11.1. The lowest BCUT2D eigenvalue weighted by atomic mass is 9.68. The van der Waals surface area contributed by atoms with E-state index in [4.69, 9.17) is 4.74 Å². The number of hydrogen-bond acceptors (Lipinski definition) is 4. The third-order valence-corrected chi connectivity index (χ3v) is 7.72. The molecule has 5 rings (SSSR count). The number of H-pyrrole nitrogens is 1. The zero-order valence-electron chi connectivity index (χ0n) is 22.6. The summed E-state index contributed by atoms with van der Waals surface area (Å²) in [5.41, 5.74) is 3.55. The van der Waals surface area contributed by atoms with Crippen LogP contribution in [-0.4, -0.2) is 78.3 Å². The third kappa shape index (κ3) is 4.92. The molecule has 1 spiro atoms. The number of amides is 2. The van der Waals surface area contributed by atoms with E-state index in [0.29, 0.717) is 31.7 Å². The molecule has 3 heterocycles. The van der Waals surface area contributed by atoms with Crippen LogP contribution in [0.25, 0.3) is 10.9 Å². The SMILES string of the molecule is CC.COc1ccc2c3c([nH]c2c1)C(CO)N(Cc1ccccc1F)CC31CCN(C(=O)N(C)C)CC1. The summed E-state index contributed by atoms with van der Waals surface area (Å²) in [6.45, 7) is 6.31. The number of aliphatic hydroxyl groups excluding tert-OH is 1. The lowest BCUT2D eigenvalue weighted by Gasteiger charge is -2.50. The first-order chi connectivity index (χ1) is 17.9. The van der Waals surface area contributed by atoms with Crippen molar-refractivity contribution in [2.75, 3.05) is 47.4 Å². The van der Waals surface area contributed by atoms with E-state index in [1.807, 2.05) is 36.9 Å². The maximum absolute atomic E-state index is 14.6. The van der Waals surface area contributed by atoms with E-state index in [2.05, 4.69) is 16.0 Å². The van der Waals surface area contributed by atoms with Crippen molar-refractivity contribution in [3.63, 3.8) is 0 Å². The number of carbonyl (C=O) groups excluding carboxylic acids is 1. The standard InChI is InChI=1S/C27H33FN4O3.C2H6/c1-30(2)26(34)31-12-10-27(11-13-31)17-32(15-18-6-4-5-7-21(18)28)23(16-33)25-24(27)20-9-8-19(35-3)14-22(20)29-25;1-2/h4-9,14,23,29,33H,10-13,15-17H2,1-3H3;1-2H3. The number of aromatic amines is 1. The number of urea groups is 1. The van der Waals surface area contributed by atoms with Crippen molar-refractivity contribution in [1.82, 2.24) is 19.7 Å². The fourth-order valence-electron chi connectivity index (χ4n) is 5.94. The van der Waals surface area contributed by atoms with Crippen LogP contribution in [0.3, 0.4) is 0 Å². The molecule has 1 saturated heterocycles. The van der Waals surface area contributed by atoms with Gasteiger partial charge in [-0.1, -0.05) is 32.0 Å². The normalized spacial score (nSPS) is 18.8. The molecule has 2 amide bonds. The molecule has 8 heteroatoms. The molecular weight excluding hydrogens is 471 g/mol. The molecule has 2 aliphatic heterocycles. The van der Waals surface area contributed by atoms with Crippen LogP contribution in [0, 0.1) is 5.82 Å². The van der Waals surface area contributed by atoms with Gasteiger partial charge < -0.3 is 24.6 Å². The van der Waals surface area contributed by atoms with E-state index in [1.165, 1.54) is 11.6 Å². The van der Waals surface area contributed by atoms with Crippen molar-refractivity contribution < 1.29 is 19.0 Å². The molecule has 2 aliphatic rings. The predicted octanol–water partition coefficient (Wildman–Crippen LogP) is 4.91. The van der Waals surface area contributed by atoms with E-state index in [9.17, 15) is 14.3 Å². The second-order valence-corrected chi connectivity index (χ2v) is 9.96. The monoisotopic (exact) mass is 510 g/mol. The van der Waals surface area contributed by atoms with Crippen molar-refractivity contribution in [2.45, 2.75) is 44.7 Å². The largest absolute Gasteiger partial charge is 0.497 e. The van der Waals surface area contributed by atoms with Gasteiger partial charge in [0.05, 0.1) is 19.8 Å². The highest BCUT2D eigenvalue weighted by atomic mass is 19.1.